The molecule has 1 heterocycles. The first kappa shape index (κ1) is 20.6. The summed E-state index contributed by atoms with van der Waals surface area (Å²) in [6.07, 6.45) is 1.24. The van der Waals surface area contributed by atoms with Crippen molar-refractivity contribution in [2.75, 3.05) is 17.7 Å². The molecule has 150 valence electrons. The number of carbonyl (C=O) groups is 1. The molecule has 0 bridgehead atoms. The van der Waals surface area contributed by atoms with Crippen molar-refractivity contribution in [3.05, 3.63) is 53.6 Å². The Kier molecular flexibility index (Phi) is 5.71. The highest BCUT2D eigenvalue weighted by Gasteiger charge is 2.24. The van der Waals surface area contributed by atoms with Crippen LogP contribution in [0.2, 0.25) is 0 Å². The molecule has 0 atom stereocenters. The van der Waals surface area contributed by atoms with Gasteiger partial charge < -0.3 is 9.47 Å². The van der Waals surface area contributed by atoms with Crippen LogP contribution in [0, 0.1) is 25.2 Å². The van der Waals surface area contributed by atoms with Crippen molar-refractivity contribution in [2.24, 2.45) is 0 Å². The van der Waals surface area contributed by atoms with Crippen molar-refractivity contribution in [3.8, 4) is 6.07 Å². The molecule has 0 aliphatic carbocycles. The van der Waals surface area contributed by atoms with Crippen molar-refractivity contribution in [3.63, 3.8) is 0 Å². The Bertz CT molecular complexity index is 1200. The monoisotopic (exact) mass is 410 g/mol. The molecule has 7 nitrogen and oxygen atoms in total. The van der Waals surface area contributed by atoms with E-state index in [-0.39, 0.29) is 30.6 Å². The number of rotatable bonds is 6. The maximum Gasteiger partial charge on any atom is 0.247 e. The number of fused-ring (bicyclic) bond motifs is 1. The minimum atomic E-state index is -3.63. The van der Waals surface area contributed by atoms with Crippen LogP contribution < -0.4 is 4.90 Å². The molecule has 3 rings (SSSR count). The number of hydrogen-bond donors (Lipinski definition) is 0. The maximum atomic E-state index is 13.2. The first-order chi connectivity index (χ1) is 13.7. The number of aromatic nitrogens is 2. The summed E-state index contributed by atoms with van der Waals surface area (Å²) >= 11 is 0. The van der Waals surface area contributed by atoms with Crippen molar-refractivity contribution in [1.29, 1.82) is 5.26 Å². The third-order valence-corrected chi connectivity index (χ3v) is 5.49. The van der Waals surface area contributed by atoms with E-state index in [0.29, 0.717) is 16.7 Å². The van der Waals surface area contributed by atoms with Crippen LogP contribution in [0.1, 0.15) is 17.5 Å². The van der Waals surface area contributed by atoms with Gasteiger partial charge in [0.1, 0.15) is 6.54 Å². The summed E-state index contributed by atoms with van der Waals surface area (Å²) in [7, 11) is -3.63. The summed E-state index contributed by atoms with van der Waals surface area (Å²) in [5.74, 6) is -0.307. The van der Waals surface area contributed by atoms with Gasteiger partial charge in [-0.2, -0.15) is 5.26 Å². The minimum Gasteiger partial charge on any atom is -0.310 e. The summed E-state index contributed by atoms with van der Waals surface area (Å²) in [5, 5.41) is 8.87. The van der Waals surface area contributed by atoms with Crippen LogP contribution in [0.4, 0.5) is 5.69 Å². The largest absolute Gasteiger partial charge is 0.310 e. The number of nitrogens with zero attached hydrogens (tertiary/aromatic N) is 4. The van der Waals surface area contributed by atoms with Crippen molar-refractivity contribution in [1.82, 2.24) is 9.55 Å². The van der Waals surface area contributed by atoms with E-state index in [2.05, 4.69) is 11.1 Å². The summed E-state index contributed by atoms with van der Waals surface area (Å²) in [6, 6.07) is 14.8. The zero-order valence-corrected chi connectivity index (χ0v) is 17.4. The number of sulfone groups is 1. The lowest BCUT2D eigenvalue weighted by Crippen LogP contribution is -2.35. The van der Waals surface area contributed by atoms with Gasteiger partial charge in [0.15, 0.2) is 0 Å². The van der Waals surface area contributed by atoms with Crippen molar-refractivity contribution >= 4 is 32.5 Å². The second-order valence-corrected chi connectivity index (χ2v) is 8.95. The summed E-state index contributed by atoms with van der Waals surface area (Å²) < 4.78 is 25.9. The van der Waals surface area contributed by atoms with E-state index in [9.17, 15) is 13.2 Å². The Balaban J connectivity index is 2.05. The van der Waals surface area contributed by atoms with Gasteiger partial charge in [-0.25, -0.2) is 13.4 Å². The maximum absolute atomic E-state index is 13.2. The van der Waals surface area contributed by atoms with Crippen molar-refractivity contribution in [2.45, 2.75) is 32.0 Å². The summed E-state index contributed by atoms with van der Waals surface area (Å²) in [4.78, 5) is 19.0. The highest BCUT2D eigenvalue weighted by molar-refractivity contribution is 7.90. The van der Waals surface area contributed by atoms with Gasteiger partial charge in [0.25, 0.3) is 0 Å². The fourth-order valence-corrected chi connectivity index (χ4v) is 4.20. The molecule has 0 saturated heterocycles. The van der Waals surface area contributed by atoms with Gasteiger partial charge >= 0.3 is 0 Å². The van der Waals surface area contributed by atoms with Crippen LogP contribution >= 0.6 is 0 Å². The van der Waals surface area contributed by atoms with E-state index in [1.165, 1.54) is 9.47 Å². The molecule has 0 aliphatic heterocycles. The smallest absolute Gasteiger partial charge is 0.247 e. The number of benzene rings is 2. The number of imidazole rings is 1. The van der Waals surface area contributed by atoms with E-state index in [1.54, 1.807) is 24.3 Å². The number of para-hydroxylation sites is 2. The fourth-order valence-electron chi connectivity index (χ4n) is 3.38. The molecule has 0 aliphatic rings. The first-order valence-corrected chi connectivity index (χ1v) is 11.0. The second-order valence-electron chi connectivity index (χ2n) is 7.04. The SMILES string of the molecule is Cc1cc(C)cc(N(CCC#N)C(=O)Cn2c(S(C)(=O)=O)nc3ccccc32)c1. The Morgan fingerprint density at radius 2 is 1.83 bits per heavy atom. The normalized spacial score (nSPS) is 11.4. The molecule has 8 heteroatoms. The second kappa shape index (κ2) is 8.05. The lowest BCUT2D eigenvalue weighted by molar-refractivity contribution is -0.119. The molecular formula is C21H22N4O3S. The predicted molar refractivity (Wildman–Crippen MR) is 111 cm³/mol. The average molecular weight is 410 g/mol. The Labute approximate surface area is 170 Å². The van der Waals surface area contributed by atoms with Crippen LogP contribution in [-0.4, -0.2) is 36.7 Å². The highest BCUT2D eigenvalue weighted by atomic mass is 32.2. The van der Waals surface area contributed by atoms with E-state index in [1.807, 2.05) is 32.0 Å². The van der Waals surface area contributed by atoms with Crippen LogP contribution in [-0.2, 0) is 21.2 Å². The quantitative estimate of drug-likeness (QED) is 0.622. The Hall–Kier alpha value is -3.18. The van der Waals surface area contributed by atoms with Gasteiger partial charge in [0.05, 0.1) is 23.5 Å². The molecule has 2 aromatic carbocycles. The number of hydrogen-bond acceptors (Lipinski definition) is 5. The third kappa shape index (κ3) is 4.46. The van der Waals surface area contributed by atoms with Gasteiger partial charge in [-0.1, -0.05) is 18.2 Å². The van der Waals surface area contributed by atoms with E-state index < -0.39 is 9.84 Å². The third-order valence-electron chi connectivity index (χ3n) is 4.51. The van der Waals surface area contributed by atoms with Gasteiger partial charge in [-0.15, -0.1) is 0 Å². The van der Waals surface area contributed by atoms with Crippen molar-refractivity contribution < 1.29 is 13.2 Å². The molecular weight excluding hydrogens is 388 g/mol. The molecule has 0 spiro atoms. The molecule has 0 unspecified atom stereocenters. The van der Waals surface area contributed by atoms with Crippen LogP contribution in [0.25, 0.3) is 11.0 Å². The van der Waals surface area contributed by atoms with Gasteiger partial charge in [-0.05, 0) is 49.2 Å². The predicted octanol–water partition coefficient (Wildman–Crippen LogP) is 3.00. The molecule has 1 aromatic heterocycles. The van der Waals surface area contributed by atoms with Gasteiger partial charge in [0.2, 0.25) is 20.9 Å². The number of anilines is 1. The lowest BCUT2D eigenvalue weighted by atomic mass is 10.1. The van der Waals surface area contributed by atoms with Crippen LogP contribution in [0.15, 0.2) is 47.6 Å². The number of aryl methyl sites for hydroxylation is 2. The molecule has 0 radical (unpaired) electrons. The molecule has 29 heavy (non-hydrogen) atoms. The summed E-state index contributed by atoms with van der Waals surface area (Å²) in [5.41, 5.74) is 3.77. The lowest BCUT2D eigenvalue weighted by Gasteiger charge is -2.23. The molecule has 0 N–H and O–H groups in total. The molecule has 0 saturated carbocycles. The number of amides is 1. The van der Waals surface area contributed by atoms with Gasteiger partial charge in [0, 0.05) is 18.5 Å². The average Bonchev–Trinajstić information content (AvgIpc) is 3.00. The topological polar surface area (TPSA) is 96.1 Å². The summed E-state index contributed by atoms with van der Waals surface area (Å²) in [6.45, 7) is 3.91. The number of carbonyl (C=O) groups excluding carboxylic acids is 1. The minimum absolute atomic E-state index is 0.146. The zero-order chi connectivity index (χ0) is 21.2. The fraction of sp³-hybridized carbons (Fsp3) is 0.286. The molecule has 1 amide bonds. The number of nitriles is 1. The van der Waals surface area contributed by atoms with E-state index in [4.69, 9.17) is 5.26 Å². The standard InChI is InChI=1S/C21H22N4O3S/c1-15-11-16(2)13-17(12-15)24(10-6-9-22)20(26)14-25-19-8-5-4-7-18(19)23-21(25)29(3,27)28/h4-5,7-8,11-13H,6,10,14H2,1-3H3. The molecule has 3 aromatic rings. The van der Waals surface area contributed by atoms with Crippen LogP contribution in [0.3, 0.4) is 0 Å². The van der Waals surface area contributed by atoms with E-state index in [0.717, 1.165) is 17.4 Å². The zero-order valence-electron chi connectivity index (χ0n) is 16.6. The first-order valence-electron chi connectivity index (χ1n) is 9.11. The van der Waals surface area contributed by atoms with Crippen LogP contribution in [0.5, 0.6) is 0 Å². The van der Waals surface area contributed by atoms with E-state index >= 15 is 0 Å². The highest BCUT2D eigenvalue weighted by Crippen LogP contribution is 2.23. The van der Waals surface area contributed by atoms with Gasteiger partial charge in [-0.3, -0.25) is 4.79 Å². The Morgan fingerprint density at radius 3 is 2.45 bits per heavy atom. The molecule has 0 fully saturated rings. The Morgan fingerprint density at radius 1 is 1.17 bits per heavy atom.